The number of rotatable bonds is 4. The Labute approximate surface area is 157 Å². The van der Waals surface area contributed by atoms with Gasteiger partial charge in [0.1, 0.15) is 11.6 Å². The Morgan fingerprint density at radius 3 is 2.78 bits per heavy atom. The second kappa shape index (κ2) is 7.14. The number of carbonyl (C=O) groups excluding carboxylic acids is 1. The summed E-state index contributed by atoms with van der Waals surface area (Å²) in [7, 11) is 0. The molecule has 4 heterocycles. The van der Waals surface area contributed by atoms with Crippen molar-refractivity contribution in [2.24, 2.45) is 0 Å². The molecule has 1 aliphatic heterocycles. The van der Waals surface area contributed by atoms with E-state index in [0.717, 1.165) is 34.9 Å². The lowest BCUT2D eigenvalue weighted by atomic mass is 10.0. The largest absolute Gasteiger partial charge is 0.360 e. The Bertz CT molecular complexity index is 940. The molecule has 0 saturated heterocycles. The van der Waals surface area contributed by atoms with Crippen LogP contribution in [0.4, 0.5) is 5.82 Å². The summed E-state index contributed by atoms with van der Waals surface area (Å²) in [4.78, 5) is 34.7. The predicted molar refractivity (Wildman–Crippen MR) is 101 cm³/mol. The van der Waals surface area contributed by atoms with Gasteiger partial charge in [0.25, 0.3) is 0 Å². The Morgan fingerprint density at radius 1 is 1.26 bits per heavy atom. The molecule has 0 unspecified atom stereocenters. The number of amides is 1. The molecule has 0 aromatic carbocycles. The smallest absolute Gasteiger partial charge is 0.219 e. The lowest BCUT2D eigenvalue weighted by Gasteiger charge is -2.29. The van der Waals surface area contributed by atoms with E-state index in [4.69, 9.17) is 9.97 Å². The maximum absolute atomic E-state index is 11.8. The molecule has 0 bridgehead atoms. The molecule has 8 heteroatoms. The van der Waals surface area contributed by atoms with Crippen LogP contribution in [0.3, 0.4) is 0 Å². The maximum Gasteiger partial charge on any atom is 0.219 e. The number of aromatic nitrogens is 5. The van der Waals surface area contributed by atoms with Crippen molar-refractivity contribution in [1.82, 2.24) is 29.8 Å². The van der Waals surface area contributed by atoms with Crippen molar-refractivity contribution in [3.05, 3.63) is 54.0 Å². The van der Waals surface area contributed by atoms with Gasteiger partial charge in [-0.15, -0.1) is 0 Å². The van der Waals surface area contributed by atoms with E-state index in [1.165, 1.54) is 0 Å². The van der Waals surface area contributed by atoms with Gasteiger partial charge in [-0.25, -0.2) is 15.0 Å². The van der Waals surface area contributed by atoms with Crippen LogP contribution >= 0.6 is 0 Å². The fraction of sp³-hybridized carbons (Fsp3) is 0.316. The highest BCUT2D eigenvalue weighted by Gasteiger charge is 2.25. The number of nitrogens with one attached hydrogen (secondary N) is 2. The number of anilines is 1. The molecule has 4 rings (SSSR count). The first-order valence-corrected chi connectivity index (χ1v) is 8.93. The quantitative estimate of drug-likeness (QED) is 0.738. The number of hydrogen-bond donors (Lipinski definition) is 2. The van der Waals surface area contributed by atoms with Crippen molar-refractivity contribution in [3.8, 4) is 11.4 Å². The van der Waals surface area contributed by atoms with Crippen LogP contribution in [-0.4, -0.2) is 42.3 Å². The Kier molecular flexibility index (Phi) is 4.53. The van der Waals surface area contributed by atoms with Gasteiger partial charge in [-0.05, 0) is 25.5 Å². The summed E-state index contributed by atoms with van der Waals surface area (Å²) >= 11 is 0. The molecule has 138 valence electrons. The summed E-state index contributed by atoms with van der Waals surface area (Å²) in [6.45, 7) is 4.79. The van der Waals surface area contributed by atoms with Crippen LogP contribution in [-0.2, 0) is 17.8 Å². The number of imidazole rings is 1. The number of carbonyl (C=O) groups is 1. The molecule has 8 nitrogen and oxygen atoms in total. The molecule has 0 aliphatic carbocycles. The second-order valence-corrected chi connectivity index (χ2v) is 6.59. The van der Waals surface area contributed by atoms with Gasteiger partial charge in [-0.3, -0.25) is 9.78 Å². The molecule has 1 amide bonds. The first kappa shape index (κ1) is 17.1. The van der Waals surface area contributed by atoms with Crippen LogP contribution in [0.25, 0.3) is 11.4 Å². The summed E-state index contributed by atoms with van der Waals surface area (Å²) in [6, 6.07) is 3.73. The second-order valence-electron chi connectivity index (χ2n) is 6.59. The number of H-pyrrole nitrogens is 1. The highest BCUT2D eigenvalue weighted by Crippen LogP contribution is 2.29. The van der Waals surface area contributed by atoms with Crippen LogP contribution in [0.5, 0.6) is 0 Å². The minimum Gasteiger partial charge on any atom is -0.360 e. The van der Waals surface area contributed by atoms with Crippen LogP contribution in [0.15, 0.2) is 36.9 Å². The lowest BCUT2D eigenvalue weighted by molar-refractivity contribution is -0.129. The van der Waals surface area contributed by atoms with Gasteiger partial charge in [0.15, 0.2) is 5.82 Å². The maximum atomic E-state index is 11.8. The van der Waals surface area contributed by atoms with Crippen LogP contribution in [0, 0.1) is 0 Å². The molecular formula is C19H21N7O. The first-order valence-electron chi connectivity index (χ1n) is 8.93. The third-order valence-corrected chi connectivity index (χ3v) is 4.73. The number of fused-ring (bicyclic) bond motifs is 1. The molecule has 0 spiro atoms. The zero-order valence-corrected chi connectivity index (χ0v) is 15.3. The van der Waals surface area contributed by atoms with E-state index in [-0.39, 0.29) is 11.9 Å². The fourth-order valence-corrected chi connectivity index (χ4v) is 3.24. The normalized spacial score (nSPS) is 14.5. The van der Waals surface area contributed by atoms with Crippen molar-refractivity contribution in [1.29, 1.82) is 0 Å². The van der Waals surface area contributed by atoms with Crippen LogP contribution in [0.1, 0.15) is 37.0 Å². The van der Waals surface area contributed by atoms with Gasteiger partial charge in [-0.2, -0.15) is 0 Å². The van der Waals surface area contributed by atoms with E-state index in [1.54, 1.807) is 31.7 Å². The highest BCUT2D eigenvalue weighted by atomic mass is 16.2. The number of hydrogen-bond acceptors (Lipinski definition) is 6. The molecule has 3 aromatic heterocycles. The fourth-order valence-electron chi connectivity index (χ4n) is 3.24. The van der Waals surface area contributed by atoms with Crippen molar-refractivity contribution in [3.63, 3.8) is 0 Å². The molecule has 27 heavy (non-hydrogen) atoms. The molecule has 0 fully saturated rings. The van der Waals surface area contributed by atoms with Crippen molar-refractivity contribution in [2.75, 3.05) is 11.9 Å². The first-order chi connectivity index (χ1) is 13.1. The van der Waals surface area contributed by atoms with Crippen molar-refractivity contribution >= 4 is 11.7 Å². The zero-order chi connectivity index (χ0) is 18.8. The minimum atomic E-state index is -0.0323. The lowest BCUT2D eigenvalue weighted by Crippen LogP contribution is -2.35. The summed E-state index contributed by atoms with van der Waals surface area (Å²) in [5.41, 5.74) is 2.83. The summed E-state index contributed by atoms with van der Waals surface area (Å²) in [5, 5.41) is 3.46. The third kappa shape index (κ3) is 3.51. The van der Waals surface area contributed by atoms with Gasteiger partial charge >= 0.3 is 0 Å². The molecule has 1 atom stereocenters. The van der Waals surface area contributed by atoms with Crippen molar-refractivity contribution < 1.29 is 4.79 Å². The Morgan fingerprint density at radius 2 is 2.07 bits per heavy atom. The SMILES string of the molecule is CC(=O)N1CCc2c(nc(-c3ccncc3)nc2N[C@@H](C)c2ncc[nH]2)C1. The molecule has 0 radical (unpaired) electrons. The number of aromatic amines is 1. The van der Waals surface area contributed by atoms with Gasteiger partial charge in [0, 0.05) is 49.4 Å². The molecule has 3 aromatic rings. The summed E-state index contributed by atoms with van der Waals surface area (Å²) in [6.07, 6.45) is 7.70. The van der Waals surface area contributed by atoms with Gasteiger partial charge in [0.05, 0.1) is 18.3 Å². The monoisotopic (exact) mass is 363 g/mol. The van der Waals surface area contributed by atoms with Crippen LogP contribution in [0.2, 0.25) is 0 Å². The molecule has 0 saturated carbocycles. The number of nitrogens with zero attached hydrogens (tertiary/aromatic N) is 5. The Hall–Kier alpha value is -3.29. The predicted octanol–water partition coefficient (Wildman–Crippen LogP) is 2.34. The number of pyridine rings is 1. The average molecular weight is 363 g/mol. The van der Waals surface area contributed by atoms with E-state index in [2.05, 4.69) is 20.3 Å². The average Bonchev–Trinajstić information content (AvgIpc) is 3.23. The third-order valence-electron chi connectivity index (χ3n) is 4.73. The highest BCUT2D eigenvalue weighted by molar-refractivity contribution is 5.74. The molecular weight excluding hydrogens is 342 g/mol. The van der Waals surface area contributed by atoms with Crippen LogP contribution < -0.4 is 5.32 Å². The van der Waals surface area contributed by atoms with E-state index in [1.807, 2.05) is 24.0 Å². The van der Waals surface area contributed by atoms with E-state index in [0.29, 0.717) is 18.9 Å². The topological polar surface area (TPSA) is 99.7 Å². The van der Waals surface area contributed by atoms with Crippen molar-refractivity contribution in [2.45, 2.75) is 32.9 Å². The standard InChI is InChI=1S/C19H21N7O/c1-12(17-21-8-9-22-17)23-19-15-5-10-26(13(2)27)11-16(15)24-18(25-19)14-3-6-20-7-4-14/h3-4,6-9,12H,5,10-11H2,1-2H3,(H,21,22)(H,23,24,25)/t12-/m0/s1. The Balaban J connectivity index is 1.74. The summed E-state index contributed by atoms with van der Waals surface area (Å²) in [5.74, 6) is 2.31. The molecule has 1 aliphatic rings. The van der Waals surface area contributed by atoms with Gasteiger partial charge in [-0.1, -0.05) is 0 Å². The molecule has 2 N–H and O–H groups in total. The minimum absolute atomic E-state index is 0.0323. The van der Waals surface area contributed by atoms with E-state index < -0.39 is 0 Å². The van der Waals surface area contributed by atoms with Gasteiger partial charge < -0.3 is 15.2 Å². The van der Waals surface area contributed by atoms with E-state index in [9.17, 15) is 4.79 Å². The summed E-state index contributed by atoms with van der Waals surface area (Å²) < 4.78 is 0. The van der Waals surface area contributed by atoms with Gasteiger partial charge in [0.2, 0.25) is 5.91 Å². The zero-order valence-electron chi connectivity index (χ0n) is 15.3. The van der Waals surface area contributed by atoms with E-state index >= 15 is 0 Å².